The Morgan fingerprint density at radius 1 is 1.43 bits per heavy atom. The molecule has 0 bridgehead atoms. The number of furan rings is 1. The highest BCUT2D eigenvalue weighted by Crippen LogP contribution is 2.23. The highest BCUT2D eigenvalue weighted by molar-refractivity contribution is 5.84. The van der Waals surface area contributed by atoms with E-state index in [2.05, 4.69) is 12.2 Å². The number of nitrogens with two attached hydrogens (primary N) is 1. The minimum absolute atomic E-state index is 0.775. The highest BCUT2D eigenvalue weighted by Gasteiger charge is 2.04. The van der Waals surface area contributed by atoms with Crippen LogP contribution in [-0.2, 0) is 6.54 Å². The number of fused-ring (bicyclic) bond motifs is 1. The standard InChI is InChI=1S/C11H14N2O/c1-2-13-6-8-7-14-11-4-3-9(12)5-10(8)11/h3-5,7,13H,2,6,12H2,1H3. The fourth-order valence-electron chi connectivity index (χ4n) is 1.50. The van der Waals surface area contributed by atoms with Gasteiger partial charge in [-0.05, 0) is 24.7 Å². The average Bonchev–Trinajstić information content (AvgIpc) is 2.57. The van der Waals surface area contributed by atoms with Gasteiger partial charge in [-0.25, -0.2) is 0 Å². The van der Waals surface area contributed by atoms with E-state index in [1.807, 2.05) is 18.2 Å². The summed E-state index contributed by atoms with van der Waals surface area (Å²) < 4.78 is 5.41. The van der Waals surface area contributed by atoms with Crippen molar-refractivity contribution in [3.05, 3.63) is 30.0 Å². The van der Waals surface area contributed by atoms with Crippen molar-refractivity contribution >= 4 is 16.7 Å². The highest BCUT2D eigenvalue weighted by atomic mass is 16.3. The van der Waals surface area contributed by atoms with Gasteiger partial charge in [0.1, 0.15) is 5.58 Å². The normalized spacial score (nSPS) is 10.9. The van der Waals surface area contributed by atoms with Crippen molar-refractivity contribution in [1.82, 2.24) is 5.32 Å². The third kappa shape index (κ3) is 1.59. The lowest BCUT2D eigenvalue weighted by molar-refractivity contribution is 0.604. The molecule has 2 rings (SSSR count). The van der Waals surface area contributed by atoms with Gasteiger partial charge in [-0.3, -0.25) is 0 Å². The lowest BCUT2D eigenvalue weighted by Crippen LogP contribution is -2.11. The second-order valence-corrected chi connectivity index (χ2v) is 3.30. The van der Waals surface area contributed by atoms with Crippen LogP contribution in [0.1, 0.15) is 12.5 Å². The Hall–Kier alpha value is -1.48. The molecule has 3 heteroatoms. The van der Waals surface area contributed by atoms with Crippen molar-refractivity contribution in [3.8, 4) is 0 Å². The predicted molar refractivity (Wildman–Crippen MR) is 58.0 cm³/mol. The van der Waals surface area contributed by atoms with Crippen LogP contribution >= 0.6 is 0 Å². The van der Waals surface area contributed by atoms with E-state index in [0.29, 0.717) is 0 Å². The molecule has 0 unspecified atom stereocenters. The van der Waals surface area contributed by atoms with Gasteiger partial charge in [-0.15, -0.1) is 0 Å². The van der Waals surface area contributed by atoms with E-state index >= 15 is 0 Å². The molecule has 0 fully saturated rings. The number of rotatable bonds is 3. The number of benzene rings is 1. The van der Waals surface area contributed by atoms with Crippen LogP contribution in [0.2, 0.25) is 0 Å². The molecule has 1 aromatic carbocycles. The van der Waals surface area contributed by atoms with E-state index in [-0.39, 0.29) is 0 Å². The molecule has 0 aliphatic carbocycles. The maximum atomic E-state index is 5.72. The van der Waals surface area contributed by atoms with Gasteiger partial charge in [0.15, 0.2) is 0 Å². The summed E-state index contributed by atoms with van der Waals surface area (Å²) in [7, 11) is 0. The first-order valence-corrected chi connectivity index (χ1v) is 4.77. The van der Waals surface area contributed by atoms with Gasteiger partial charge in [-0.1, -0.05) is 6.92 Å². The smallest absolute Gasteiger partial charge is 0.134 e. The summed E-state index contributed by atoms with van der Waals surface area (Å²) in [5.41, 5.74) is 8.55. The molecule has 0 radical (unpaired) electrons. The molecule has 0 aliphatic heterocycles. The van der Waals surface area contributed by atoms with E-state index < -0.39 is 0 Å². The van der Waals surface area contributed by atoms with Crippen molar-refractivity contribution in [2.45, 2.75) is 13.5 Å². The van der Waals surface area contributed by atoms with Gasteiger partial charge in [0, 0.05) is 23.2 Å². The Morgan fingerprint density at radius 3 is 3.07 bits per heavy atom. The lowest BCUT2D eigenvalue weighted by Gasteiger charge is -1.98. The number of nitrogen functional groups attached to an aromatic ring is 1. The van der Waals surface area contributed by atoms with Gasteiger partial charge < -0.3 is 15.5 Å². The van der Waals surface area contributed by atoms with Gasteiger partial charge >= 0.3 is 0 Å². The maximum Gasteiger partial charge on any atom is 0.134 e. The number of hydrogen-bond donors (Lipinski definition) is 2. The molecule has 0 atom stereocenters. The van der Waals surface area contributed by atoms with Gasteiger partial charge in [-0.2, -0.15) is 0 Å². The van der Waals surface area contributed by atoms with Crippen molar-refractivity contribution < 1.29 is 4.42 Å². The Bertz CT molecular complexity index is 434. The summed E-state index contributed by atoms with van der Waals surface area (Å²) in [6.45, 7) is 3.86. The van der Waals surface area contributed by atoms with Crippen molar-refractivity contribution in [1.29, 1.82) is 0 Å². The van der Waals surface area contributed by atoms with Gasteiger partial charge in [0.25, 0.3) is 0 Å². The van der Waals surface area contributed by atoms with E-state index in [1.165, 1.54) is 0 Å². The molecule has 0 amide bonds. The summed E-state index contributed by atoms with van der Waals surface area (Å²) in [5.74, 6) is 0. The Kier molecular flexibility index (Phi) is 2.41. The minimum atomic E-state index is 0.775. The lowest BCUT2D eigenvalue weighted by atomic mass is 10.1. The largest absolute Gasteiger partial charge is 0.464 e. The first-order chi connectivity index (χ1) is 6.81. The van der Waals surface area contributed by atoms with Crippen LogP contribution in [0.5, 0.6) is 0 Å². The van der Waals surface area contributed by atoms with Crippen LogP contribution in [0.4, 0.5) is 5.69 Å². The SMILES string of the molecule is CCNCc1coc2ccc(N)cc12. The Morgan fingerprint density at radius 2 is 2.29 bits per heavy atom. The van der Waals surface area contributed by atoms with Crippen LogP contribution in [-0.4, -0.2) is 6.54 Å². The quantitative estimate of drug-likeness (QED) is 0.729. The fourth-order valence-corrected chi connectivity index (χ4v) is 1.50. The van der Waals surface area contributed by atoms with E-state index in [4.69, 9.17) is 10.2 Å². The second kappa shape index (κ2) is 3.72. The van der Waals surface area contributed by atoms with Crippen molar-refractivity contribution in [2.75, 3.05) is 12.3 Å². The van der Waals surface area contributed by atoms with Crippen LogP contribution in [0.15, 0.2) is 28.9 Å². The van der Waals surface area contributed by atoms with Crippen molar-refractivity contribution in [3.63, 3.8) is 0 Å². The molecular weight excluding hydrogens is 176 g/mol. The molecule has 14 heavy (non-hydrogen) atoms. The zero-order valence-electron chi connectivity index (χ0n) is 8.21. The molecule has 74 valence electrons. The van der Waals surface area contributed by atoms with Crippen LogP contribution < -0.4 is 11.1 Å². The summed E-state index contributed by atoms with van der Waals surface area (Å²) in [4.78, 5) is 0. The third-order valence-corrected chi connectivity index (χ3v) is 2.24. The summed E-state index contributed by atoms with van der Waals surface area (Å²) in [6.07, 6.45) is 1.78. The first-order valence-electron chi connectivity index (χ1n) is 4.77. The molecular formula is C11H14N2O. The first kappa shape index (κ1) is 9.09. The van der Waals surface area contributed by atoms with E-state index in [1.54, 1.807) is 6.26 Å². The molecule has 0 saturated carbocycles. The summed E-state index contributed by atoms with van der Waals surface area (Å²) >= 11 is 0. The van der Waals surface area contributed by atoms with Gasteiger partial charge in [0.2, 0.25) is 0 Å². The van der Waals surface area contributed by atoms with Crippen LogP contribution in [0, 0.1) is 0 Å². The topological polar surface area (TPSA) is 51.2 Å². The average molecular weight is 190 g/mol. The molecule has 0 aliphatic rings. The second-order valence-electron chi connectivity index (χ2n) is 3.30. The third-order valence-electron chi connectivity index (χ3n) is 2.24. The summed E-state index contributed by atoms with van der Waals surface area (Å²) in [5, 5.41) is 4.36. The number of hydrogen-bond acceptors (Lipinski definition) is 3. The van der Waals surface area contributed by atoms with E-state index in [0.717, 1.165) is 35.3 Å². The molecule has 1 heterocycles. The monoisotopic (exact) mass is 190 g/mol. The maximum absolute atomic E-state index is 5.72. The summed E-state index contributed by atoms with van der Waals surface area (Å²) in [6, 6.07) is 5.70. The zero-order chi connectivity index (χ0) is 9.97. The van der Waals surface area contributed by atoms with Crippen molar-refractivity contribution in [2.24, 2.45) is 0 Å². The minimum Gasteiger partial charge on any atom is -0.464 e. The predicted octanol–water partition coefficient (Wildman–Crippen LogP) is 2.12. The molecule has 0 spiro atoms. The fraction of sp³-hybridized carbons (Fsp3) is 0.273. The Labute approximate surface area is 82.9 Å². The number of anilines is 1. The zero-order valence-corrected chi connectivity index (χ0v) is 8.21. The molecule has 2 aromatic rings. The molecule has 3 nitrogen and oxygen atoms in total. The number of nitrogens with one attached hydrogen (secondary N) is 1. The molecule has 0 saturated heterocycles. The van der Waals surface area contributed by atoms with Crippen LogP contribution in [0.3, 0.4) is 0 Å². The Balaban J connectivity index is 2.40. The van der Waals surface area contributed by atoms with E-state index in [9.17, 15) is 0 Å². The van der Waals surface area contributed by atoms with Crippen LogP contribution in [0.25, 0.3) is 11.0 Å². The molecule has 1 aromatic heterocycles. The molecule has 3 N–H and O–H groups in total. The van der Waals surface area contributed by atoms with Gasteiger partial charge in [0.05, 0.1) is 6.26 Å².